The number of aliphatic carboxylic acids is 2. The number of hydrogen-bond donors (Lipinski definition) is 11. The summed E-state index contributed by atoms with van der Waals surface area (Å²) in [5.41, 5.74) is 6.54. The summed E-state index contributed by atoms with van der Waals surface area (Å²) in [6.45, 7) is 3.55. The fourth-order valence-corrected chi connectivity index (χ4v) is 8.59. The van der Waals surface area contributed by atoms with Gasteiger partial charge in [0.1, 0.15) is 29.6 Å². The van der Waals surface area contributed by atoms with Crippen LogP contribution in [0.3, 0.4) is 0 Å². The number of carboxylic acids is 2. The minimum absolute atomic E-state index is 0.0145. The van der Waals surface area contributed by atoms with Crippen molar-refractivity contribution < 1.29 is 71.9 Å². The number of carboxylic acid groups (broad SMARTS) is 2. The maximum atomic E-state index is 13.3. The highest BCUT2D eigenvalue weighted by atomic mass is 32.2. The number of phenolic OH excluding ortho intramolecular Hbond substituents is 2. The molecule has 0 aliphatic rings. The first kappa shape index (κ1) is 59.4. The minimum atomic E-state index is -4.06. The van der Waals surface area contributed by atoms with Crippen LogP contribution in [-0.4, -0.2) is 153 Å². The van der Waals surface area contributed by atoms with E-state index in [4.69, 9.17) is 20.3 Å². The summed E-state index contributed by atoms with van der Waals surface area (Å²) in [4.78, 5) is 89.8. The smallest absolute Gasteiger partial charge is 0.326 e. The second kappa shape index (κ2) is 29.5. The van der Waals surface area contributed by atoms with Crippen LogP contribution in [0, 0.1) is 0 Å². The van der Waals surface area contributed by atoms with Gasteiger partial charge in [-0.15, -0.1) is 15.3 Å². The minimum Gasteiger partial charge on any atom is -0.508 e. The molecule has 0 unspecified atom stereocenters. The molecule has 4 rings (SSSR count). The zero-order valence-electron chi connectivity index (χ0n) is 40.4. The van der Waals surface area contributed by atoms with Crippen molar-refractivity contribution in [1.29, 1.82) is 0 Å². The van der Waals surface area contributed by atoms with Gasteiger partial charge in [0.2, 0.25) is 39.0 Å². The lowest BCUT2D eigenvalue weighted by Gasteiger charge is -2.31. The van der Waals surface area contributed by atoms with Gasteiger partial charge in [0.25, 0.3) is 10.0 Å². The molecule has 2 aromatic heterocycles. The summed E-state index contributed by atoms with van der Waals surface area (Å²) in [6, 6.07) is 7.76. The zero-order chi connectivity index (χ0) is 54.3. The highest BCUT2D eigenvalue weighted by molar-refractivity contribution is 7.91. The van der Waals surface area contributed by atoms with Crippen LogP contribution in [0.4, 0.5) is 5.13 Å². The summed E-state index contributed by atoms with van der Waals surface area (Å²) in [6.07, 6.45) is 1.54. The standard InChI is InChI=1S/C45H62N12O15S2/c1-45(28-8-12-31(58)13-9-28,29-10-14-32(59)15-11-29)17-16-37(61)50-34(41(65)66)25-39(63)51-35(42(67)68)26-38(62)49-33(40(64)48-19-22-72-24-23-71-21-18-46)6-2-3-20-57-27-30(53-56-57)5-4-7-36(60)52-43-54-55-44(73-43)74(47,69)70/h8-15,27,33-35,58-59H,2-7,16-26,46H2,1H3,(H,48,64)(H,49,62)(H,50,61)(H,51,63)(H,65,66)(H,67,68)(H2,47,69,70)(H,52,54,60)/t33-,34-,35-/m0/s1. The third-order valence-electron chi connectivity index (χ3n) is 11.2. The summed E-state index contributed by atoms with van der Waals surface area (Å²) in [5, 5.41) is 71.9. The first-order valence-corrected chi connectivity index (χ1v) is 25.6. The van der Waals surface area contributed by atoms with Gasteiger partial charge in [0.05, 0.1) is 45.0 Å². The number of primary sulfonamides is 1. The van der Waals surface area contributed by atoms with E-state index < -0.39 is 92.2 Å². The first-order valence-electron chi connectivity index (χ1n) is 23.3. The Balaban J connectivity index is 1.29. The molecule has 5 amide bonds. The maximum Gasteiger partial charge on any atom is 0.326 e. The van der Waals surface area contributed by atoms with Gasteiger partial charge < -0.3 is 62.2 Å². The fourth-order valence-electron chi connectivity index (χ4n) is 7.24. The highest BCUT2D eigenvalue weighted by Gasteiger charge is 2.33. The molecule has 0 aliphatic carbocycles. The van der Waals surface area contributed by atoms with Crippen molar-refractivity contribution in [3.63, 3.8) is 0 Å². The third-order valence-corrected chi connectivity index (χ3v) is 13.3. The monoisotopic (exact) mass is 1070 g/mol. The van der Waals surface area contributed by atoms with E-state index >= 15 is 0 Å². The Morgan fingerprint density at radius 3 is 1.85 bits per heavy atom. The zero-order valence-corrected chi connectivity index (χ0v) is 42.1. The molecule has 29 heteroatoms. The van der Waals surface area contributed by atoms with E-state index in [2.05, 4.69) is 47.1 Å². The molecule has 0 aliphatic heterocycles. The molecule has 0 fully saturated rings. The van der Waals surface area contributed by atoms with Crippen molar-refractivity contribution in [2.24, 2.45) is 10.9 Å². The number of aromatic nitrogens is 5. The van der Waals surface area contributed by atoms with Gasteiger partial charge in [-0.25, -0.2) is 23.1 Å². The molecule has 27 nitrogen and oxygen atoms in total. The Morgan fingerprint density at radius 2 is 1.30 bits per heavy atom. The van der Waals surface area contributed by atoms with Crippen molar-refractivity contribution in [3.8, 4) is 11.5 Å². The molecule has 4 aromatic rings. The lowest BCUT2D eigenvalue weighted by Crippen LogP contribution is -2.51. The Kier molecular flexibility index (Phi) is 23.7. The number of sulfonamides is 1. The van der Waals surface area contributed by atoms with Gasteiger partial charge in [-0.05, 0) is 73.9 Å². The average Bonchev–Trinajstić information content (AvgIpc) is 4.02. The Morgan fingerprint density at radius 1 is 0.730 bits per heavy atom. The second-order valence-electron chi connectivity index (χ2n) is 17.0. The molecule has 0 bridgehead atoms. The molecule has 404 valence electrons. The molecular weight excluding hydrogens is 1010 g/mol. The van der Waals surface area contributed by atoms with Crippen molar-refractivity contribution in [3.05, 3.63) is 71.5 Å². The van der Waals surface area contributed by atoms with Crippen LogP contribution in [0.2, 0.25) is 0 Å². The van der Waals surface area contributed by atoms with Gasteiger partial charge >= 0.3 is 11.9 Å². The summed E-state index contributed by atoms with van der Waals surface area (Å²) in [7, 11) is -4.06. The van der Waals surface area contributed by atoms with E-state index in [9.17, 15) is 62.4 Å². The molecule has 2 aromatic carbocycles. The molecule has 0 radical (unpaired) electrons. The maximum absolute atomic E-state index is 13.3. The largest absolute Gasteiger partial charge is 0.508 e. The van der Waals surface area contributed by atoms with Crippen LogP contribution >= 0.6 is 11.3 Å². The third kappa shape index (κ3) is 20.4. The van der Waals surface area contributed by atoms with Crippen molar-refractivity contribution in [2.75, 3.05) is 44.8 Å². The molecule has 3 atom stereocenters. The normalized spacial score (nSPS) is 12.7. The number of carbonyl (C=O) groups is 7. The predicted molar refractivity (Wildman–Crippen MR) is 263 cm³/mol. The van der Waals surface area contributed by atoms with Gasteiger partial charge in [-0.1, -0.05) is 47.7 Å². The molecular formula is C45H62N12O15S2. The number of amides is 5. The summed E-state index contributed by atoms with van der Waals surface area (Å²) in [5.74, 6) is -6.99. The average molecular weight is 1080 g/mol. The molecule has 0 spiro atoms. The van der Waals surface area contributed by atoms with E-state index in [1.54, 1.807) is 35.1 Å². The Hall–Kier alpha value is -7.18. The quantitative estimate of drug-likeness (QED) is 0.0210. The van der Waals surface area contributed by atoms with Gasteiger partial charge in [0.15, 0.2) is 0 Å². The van der Waals surface area contributed by atoms with E-state index in [1.165, 1.54) is 24.3 Å². The Bertz CT molecular complexity index is 2570. The van der Waals surface area contributed by atoms with Crippen molar-refractivity contribution >= 4 is 68.0 Å². The van der Waals surface area contributed by atoms with Crippen LogP contribution in [0.15, 0.2) is 59.1 Å². The number of nitrogens with two attached hydrogens (primary N) is 2. The number of aromatic hydroxyl groups is 2. The lowest BCUT2D eigenvalue weighted by molar-refractivity contribution is -0.145. The number of carbonyl (C=O) groups excluding carboxylic acids is 5. The lowest BCUT2D eigenvalue weighted by atomic mass is 9.73. The van der Waals surface area contributed by atoms with Gasteiger partial charge in [0, 0.05) is 44.1 Å². The number of rotatable bonds is 34. The number of aryl methyl sites for hydroxylation is 2. The number of phenols is 2. The van der Waals surface area contributed by atoms with E-state index in [0.29, 0.717) is 73.5 Å². The van der Waals surface area contributed by atoms with E-state index in [1.807, 2.05) is 6.92 Å². The first-order chi connectivity index (χ1) is 35.2. The second-order valence-corrected chi connectivity index (χ2v) is 19.7. The van der Waals surface area contributed by atoms with Crippen LogP contribution in [0.5, 0.6) is 11.5 Å². The summed E-state index contributed by atoms with van der Waals surface area (Å²) >= 11 is 0.619. The van der Waals surface area contributed by atoms with Crippen LogP contribution < -0.4 is 37.5 Å². The van der Waals surface area contributed by atoms with Gasteiger partial charge in [-0.3, -0.25) is 28.7 Å². The number of unbranched alkanes of at least 4 members (excludes halogenated alkanes) is 1. The molecule has 13 N–H and O–H groups in total. The molecule has 0 saturated heterocycles. The number of anilines is 1. The van der Waals surface area contributed by atoms with Crippen LogP contribution in [0.25, 0.3) is 0 Å². The van der Waals surface area contributed by atoms with Crippen molar-refractivity contribution in [2.45, 2.75) is 106 Å². The number of nitrogens with one attached hydrogen (secondary N) is 5. The number of ether oxygens (including phenoxy) is 2. The molecule has 2 heterocycles. The number of nitrogens with zero attached hydrogens (tertiary/aromatic N) is 5. The SMILES string of the molecule is CC(CCC(=O)N[C@@H](CC(=O)N[C@@H](CC(=O)N[C@@H](CCCCn1cc(CCCC(=O)Nc2nnc(S(N)(=O)=O)s2)nn1)C(=O)NCCOCCOCCN)C(=O)O)C(=O)O)(c1ccc(O)cc1)c1ccc(O)cc1. The van der Waals surface area contributed by atoms with Crippen LogP contribution in [-0.2, 0) is 71.4 Å². The number of benzene rings is 2. The number of hydrogen-bond acceptors (Lipinski definition) is 19. The van der Waals surface area contributed by atoms with Gasteiger partial charge in [-0.2, -0.15) is 0 Å². The molecule has 74 heavy (non-hydrogen) atoms. The summed E-state index contributed by atoms with van der Waals surface area (Å²) < 4.78 is 34.6. The topological polar surface area (TPSA) is 422 Å². The molecule has 0 saturated carbocycles. The van der Waals surface area contributed by atoms with Crippen LogP contribution in [0.1, 0.15) is 81.5 Å². The predicted octanol–water partition coefficient (Wildman–Crippen LogP) is -0.382. The highest BCUT2D eigenvalue weighted by Crippen LogP contribution is 2.38. The van der Waals surface area contributed by atoms with Crippen molar-refractivity contribution in [1.82, 2.24) is 46.5 Å². The van der Waals surface area contributed by atoms with E-state index in [-0.39, 0.29) is 68.7 Å². The Labute approximate surface area is 429 Å². The van der Waals surface area contributed by atoms with E-state index in [0.717, 1.165) is 0 Å². The fraction of sp³-hybridized carbons (Fsp3) is 0.489.